The molecule has 0 aromatic carbocycles. The minimum atomic E-state index is -0.439. The first kappa shape index (κ1) is 18.5. The summed E-state index contributed by atoms with van der Waals surface area (Å²) in [6.45, 7) is 10.6. The van der Waals surface area contributed by atoms with Crippen LogP contribution in [0.1, 0.15) is 73.1 Å². The van der Waals surface area contributed by atoms with Crippen molar-refractivity contribution >= 4 is 0 Å². The van der Waals surface area contributed by atoms with Crippen LogP contribution in [0.2, 0.25) is 0 Å². The zero-order valence-corrected chi connectivity index (χ0v) is 16.4. The fraction of sp³-hybridized carbons (Fsp3) is 0.818. The largest absolute Gasteiger partial charge is 0.370 e. The molecular weight excluding hydrogens is 308 g/mol. The number of hydrogen-bond donors (Lipinski definition) is 0. The molecule has 0 aromatic heterocycles. The van der Waals surface area contributed by atoms with Crippen LogP contribution in [-0.2, 0) is 4.74 Å². The maximum Gasteiger partial charge on any atom is 0.0779 e. The molecule has 0 bridgehead atoms. The Kier molecular flexibility index (Phi) is 4.53. The van der Waals surface area contributed by atoms with E-state index >= 15 is 0 Å². The monoisotopic (exact) mass is 340 g/mol. The standard InChI is InChI=1S/C22H32N2O/c1-15-6-7-17-16(12-15)18(8-10-21(17,4)14-24)22(5)11-9-19(25-22)20(2,3)13-23/h12,16-19H,6-11H2,1-5H3/t16-,17+,18-,19+,21+,22-/m1/s1. The van der Waals surface area contributed by atoms with Gasteiger partial charge in [0.15, 0.2) is 0 Å². The van der Waals surface area contributed by atoms with E-state index in [1.165, 1.54) is 5.57 Å². The van der Waals surface area contributed by atoms with Gasteiger partial charge in [0.05, 0.1) is 34.7 Å². The molecule has 3 heteroatoms. The van der Waals surface area contributed by atoms with E-state index in [0.717, 1.165) is 38.5 Å². The average molecular weight is 341 g/mol. The van der Waals surface area contributed by atoms with Crippen molar-refractivity contribution in [2.24, 2.45) is 28.6 Å². The van der Waals surface area contributed by atoms with E-state index in [1.807, 2.05) is 13.8 Å². The van der Waals surface area contributed by atoms with Crippen molar-refractivity contribution in [3.8, 4) is 12.1 Å². The second-order valence-electron chi connectivity index (χ2n) is 9.70. The average Bonchev–Trinajstić information content (AvgIpc) is 2.99. The molecule has 3 nitrogen and oxygen atoms in total. The summed E-state index contributed by atoms with van der Waals surface area (Å²) in [5.41, 5.74) is 0.639. The lowest BCUT2D eigenvalue weighted by atomic mass is 9.53. The Morgan fingerprint density at radius 3 is 2.48 bits per heavy atom. The van der Waals surface area contributed by atoms with Gasteiger partial charge < -0.3 is 4.74 Å². The quantitative estimate of drug-likeness (QED) is 0.634. The fourth-order valence-corrected chi connectivity index (χ4v) is 5.64. The van der Waals surface area contributed by atoms with Crippen LogP contribution in [0.15, 0.2) is 11.6 Å². The second-order valence-corrected chi connectivity index (χ2v) is 9.70. The Bertz CT molecular complexity index is 652. The summed E-state index contributed by atoms with van der Waals surface area (Å²) >= 11 is 0. The smallest absolute Gasteiger partial charge is 0.0779 e. The van der Waals surface area contributed by atoms with E-state index < -0.39 is 5.41 Å². The van der Waals surface area contributed by atoms with E-state index in [0.29, 0.717) is 17.8 Å². The highest BCUT2D eigenvalue weighted by molar-refractivity contribution is 5.19. The van der Waals surface area contributed by atoms with E-state index in [-0.39, 0.29) is 17.1 Å². The van der Waals surface area contributed by atoms with Crippen molar-refractivity contribution in [1.29, 1.82) is 10.5 Å². The third-order valence-corrected chi connectivity index (χ3v) is 7.50. The van der Waals surface area contributed by atoms with Gasteiger partial charge in [0.25, 0.3) is 0 Å². The van der Waals surface area contributed by atoms with Crippen molar-refractivity contribution in [1.82, 2.24) is 0 Å². The van der Waals surface area contributed by atoms with Gasteiger partial charge in [-0.25, -0.2) is 0 Å². The Labute approximate surface area is 153 Å². The first-order valence-corrected chi connectivity index (χ1v) is 9.83. The molecule has 0 N–H and O–H groups in total. The van der Waals surface area contributed by atoms with Gasteiger partial charge in [0.1, 0.15) is 0 Å². The SMILES string of the molecule is CC1=C[C@H]2[C@H]([C@@]3(C)CC[C@@H](C(C)(C)C#N)O3)CC[C@@](C)(C#N)[C@H]2CC1. The molecule has 0 radical (unpaired) electrons. The first-order valence-electron chi connectivity index (χ1n) is 9.83. The molecule has 1 heterocycles. The van der Waals surface area contributed by atoms with Crippen molar-refractivity contribution in [2.75, 3.05) is 0 Å². The molecule has 2 aliphatic carbocycles. The van der Waals surface area contributed by atoms with Gasteiger partial charge in [-0.1, -0.05) is 11.6 Å². The number of fused-ring (bicyclic) bond motifs is 1. The van der Waals surface area contributed by atoms with Gasteiger partial charge in [0, 0.05) is 0 Å². The van der Waals surface area contributed by atoms with E-state index in [9.17, 15) is 10.5 Å². The van der Waals surface area contributed by atoms with Gasteiger partial charge >= 0.3 is 0 Å². The zero-order chi connectivity index (χ0) is 18.5. The second kappa shape index (κ2) is 6.14. The van der Waals surface area contributed by atoms with Crippen LogP contribution < -0.4 is 0 Å². The summed E-state index contributed by atoms with van der Waals surface area (Å²) in [7, 11) is 0. The van der Waals surface area contributed by atoms with Crippen molar-refractivity contribution in [2.45, 2.75) is 84.8 Å². The van der Waals surface area contributed by atoms with Gasteiger partial charge in [-0.15, -0.1) is 0 Å². The fourth-order valence-electron chi connectivity index (χ4n) is 5.64. The maximum atomic E-state index is 9.81. The van der Waals surface area contributed by atoms with Crippen molar-refractivity contribution in [3.05, 3.63) is 11.6 Å². The molecular formula is C22H32N2O. The highest BCUT2D eigenvalue weighted by Crippen LogP contribution is 2.57. The summed E-state index contributed by atoms with van der Waals surface area (Å²) in [4.78, 5) is 0. The predicted octanol–water partition coefficient (Wildman–Crippen LogP) is 5.39. The van der Waals surface area contributed by atoms with E-state index in [1.54, 1.807) is 0 Å². The third kappa shape index (κ3) is 3.02. The lowest BCUT2D eigenvalue weighted by molar-refractivity contribution is -0.126. The molecule has 25 heavy (non-hydrogen) atoms. The molecule has 0 spiro atoms. The summed E-state index contributed by atoms with van der Waals surface area (Å²) in [6, 6.07) is 5.08. The van der Waals surface area contributed by atoms with Crippen molar-refractivity contribution in [3.63, 3.8) is 0 Å². The number of nitrogens with zero attached hydrogens (tertiary/aromatic N) is 2. The number of nitriles is 2. The molecule has 3 rings (SSSR count). The summed E-state index contributed by atoms with van der Waals surface area (Å²) < 4.78 is 6.60. The number of hydrogen-bond acceptors (Lipinski definition) is 3. The van der Waals surface area contributed by atoms with Crippen LogP contribution in [0.4, 0.5) is 0 Å². The summed E-state index contributed by atoms with van der Waals surface area (Å²) in [5, 5.41) is 19.3. The van der Waals surface area contributed by atoms with Crippen LogP contribution >= 0.6 is 0 Å². The number of allylic oxidation sites excluding steroid dienone is 2. The van der Waals surface area contributed by atoms with Gasteiger partial charge in [0.2, 0.25) is 0 Å². The van der Waals surface area contributed by atoms with Crippen LogP contribution in [-0.4, -0.2) is 11.7 Å². The van der Waals surface area contributed by atoms with Crippen molar-refractivity contribution < 1.29 is 4.74 Å². The van der Waals surface area contributed by atoms with Gasteiger partial charge in [-0.2, -0.15) is 10.5 Å². The van der Waals surface area contributed by atoms with Crippen LogP contribution in [0.3, 0.4) is 0 Å². The Morgan fingerprint density at radius 1 is 1.12 bits per heavy atom. The molecule has 136 valence electrons. The van der Waals surface area contributed by atoms with Gasteiger partial charge in [-0.05, 0) is 90.9 Å². The molecule has 0 unspecified atom stereocenters. The Morgan fingerprint density at radius 2 is 1.84 bits per heavy atom. The number of ether oxygens (including phenoxy) is 1. The molecule has 1 saturated carbocycles. The molecule has 3 aliphatic rings. The molecule has 1 saturated heterocycles. The molecule has 2 fully saturated rings. The first-order chi connectivity index (χ1) is 11.6. The summed E-state index contributed by atoms with van der Waals surface area (Å²) in [5.74, 6) is 1.32. The van der Waals surface area contributed by atoms with Gasteiger partial charge in [-0.3, -0.25) is 0 Å². The Balaban J connectivity index is 1.89. The summed E-state index contributed by atoms with van der Waals surface area (Å²) in [6.07, 6.45) is 8.70. The topological polar surface area (TPSA) is 56.8 Å². The number of rotatable bonds is 2. The molecule has 0 amide bonds. The minimum Gasteiger partial charge on any atom is -0.370 e. The van der Waals surface area contributed by atoms with Crippen LogP contribution in [0, 0.1) is 51.2 Å². The lowest BCUT2D eigenvalue weighted by Gasteiger charge is -2.52. The van der Waals surface area contributed by atoms with E-state index in [4.69, 9.17) is 4.74 Å². The highest BCUT2D eigenvalue weighted by atomic mass is 16.5. The Hall–Kier alpha value is -1.32. The zero-order valence-electron chi connectivity index (χ0n) is 16.4. The predicted molar refractivity (Wildman–Crippen MR) is 98.3 cm³/mol. The maximum absolute atomic E-state index is 9.81. The molecule has 0 aromatic rings. The van der Waals surface area contributed by atoms with Crippen LogP contribution in [0.5, 0.6) is 0 Å². The third-order valence-electron chi connectivity index (χ3n) is 7.50. The molecule has 6 atom stereocenters. The van der Waals surface area contributed by atoms with Crippen LogP contribution in [0.25, 0.3) is 0 Å². The minimum absolute atomic E-state index is 0.0129. The normalized spacial score (nSPS) is 44.4. The van der Waals surface area contributed by atoms with E-state index in [2.05, 4.69) is 39.0 Å². The molecule has 1 aliphatic heterocycles. The lowest BCUT2D eigenvalue weighted by Crippen LogP contribution is -2.50. The highest BCUT2D eigenvalue weighted by Gasteiger charge is 2.55.